The summed E-state index contributed by atoms with van der Waals surface area (Å²) in [5.41, 5.74) is 0. The molecule has 0 rings (SSSR count). The maximum Gasteiger partial charge on any atom is 0.182 e. The van der Waals surface area contributed by atoms with E-state index in [-0.39, 0.29) is 19.0 Å². The third-order valence-electron chi connectivity index (χ3n) is 4.95. The molecule has 0 unspecified atom stereocenters. The van der Waals surface area contributed by atoms with Gasteiger partial charge in [-0.05, 0) is 32.1 Å². The van der Waals surface area contributed by atoms with Crippen molar-refractivity contribution < 1.29 is 26.7 Å². The normalized spacial score (nSPS) is 11.9. The van der Waals surface area contributed by atoms with Gasteiger partial charge in [0.05, 0.1) is 27.3 Å². The molecule has 0 aliphatic carbocycles. The molecule has 0 heterocycles. The van der Waals surface area contributed by atoms with Crippen LogP contribution in [0.2, 0.25) is 0 Å². The van der Waals surface area contributed by atoms with E-state index in [2.05, 4.69) is 33.2 Å². The number of allylic oxidation sites excluding steroid dienone is 2. The minimum Gasteiger partial charge on any atom is -1.00 e. The second-order valence-electron chi connectivity index (χ2n) is 8.36. The lowest BCUT2D eigenvalue weighted by atomic mass is 10.1. The maximum atomic E-state index is 8.98. The largest absolute Gasteiger partial charge is 1.00 e. The molecule has 1 N–H and O–H groups in total. The van der Waals surface area contributed by atoms with Crippen molar-refractivity contribution in [3.8, 4) is 0 Å². The first-order valence-corrected chi connectivity index (χ1v) is 11.3. The number of halogens is 1. The zero-order chi connectivity index (χ0) is 19.3. The Labute approximate surface area is 176 Å². The number of aliphatic hydroxyl groups excluding tert-OH is 1. The van der Waals surface area contributed by atoms with Crippen molar-refractivity contribution in [1.82, 2.24) is 0 Å². The van der Waals surface area contributed by atoms with Gasteiger partial charge in [-0.3, -0.25) is 0 Å². The van der Waals surface area contributed by atoms with Gasteiger partial charge in [-0.15, -0.1) is 0 Å². The Balaban J connectivity index is 0. The van der Waals surface area contributed by atoms with Crippen LogP contribution in [0.1, 0.15) is 96.8 Å². The van der Waals surface area contributed by atoms with Gasteiger partial charge >= 0.3 is 0 Å². The average molecular weight is 406 g/mol. The molecule has 0 radical (unpaired) electrons. The lowest BCUT2D eigenvalue weighted by Crippen LogP contribution is -3.00. The van der Waals surface area contributed by atoms with Crippen LogP contribution in [-0.2, 0) is 4.74 Å². The molecule has 0 fully saturated rings. The van der Waals surface area contributed by atoms with Gasteiger partial charge in [-0.1, -0.05) is 76.9 Å². The molecule has 0 atom stereocenters. The standard InChI is InChI=1S/C23H48NO2.ClH/c1-4-5-6-7-8-9-10-11-12-13-14-15-16-17-18-19-22-26-23-24(2,3)20-21-25;/h11-12,25H,4-10,13-23H2,1-3H3;1H/q+1;/p-1. The van der Waals surface area contributed by atoms with Crippen LogP contribution < -0.4 is 12.4 Å². The van der Waals surface area contributed by atoms with Gasteiger partial charge in [-0.25, -0.2) is 0 Å². The summed E-state index contributed by atoms with van der Waals surface area (Å²) < 4.78 is 6.46. The molecule has 0 spiro atoms. The van der Waals surface area contributed by atoms with Crippen LogP contribution in [0.25, 0.3) is 0 Å². The van der Waals surface area contributed by atoms with Crippen molar-refractivity contribution in [2.24, 2.45) is 0 Å². The van der Waals surface area contributed by atoms with Gasteiger partial charge < -0.3 is 26.7 Å². The number of hydrogen-bond donors (Lipinski definition) is 1. The fourth-order valence-electron chi connectivity index (χ4n) is 3.10. The van der Waals surface area contributed by atoms with Gasteiger partial charge in [0.25, 0.3) is 0 Å². The molecule has 164 valence electrons. The number of rotatable bonds is 20. The van der Waals surface area contributed by atoms with E-state index in [1.165, 1.54) is 83.5 Å². The Morgan fingerprint density at radius 3 is 1.74 bits per heavy atom. The highest BCUT2D eigenvalue weighted by molar-refractivity contribution is 4.81. The van der Waals surface area contributed by atoms with Gasteiger partial charge in [0.2, 0.25) is 0 Å². The van der Waals surface area contributed by atoms with Crippen LogP contribution in [-0.4, -0.2) is 50.2 Å². The summed E-state index contributed by atoms with van der Waals surface area (Å²) in [7, 11) is 4.19. The molecule has 0 saturated carbocycles. The van der Waals surface area contributed by atoms with E-state index in [1.807, 2.05) is 0 Å². The Kier molecular flexibility index (Phi) is 23.9. The predicted molar refractivity (Wildman–Crippen MR) is 114 cm³/mol. The molecule has 0 bridgehead atoms. The second-order valence-corrected chi connectivity index (χ2v) is 8.36. The lowest BCUT2D eigenvalue weighted by Gasteiger charge is -2.28. The van der Waals surface area contributed by atoms with E-state index >= 15 is 0 Å². The average Bonchev–Trinajstić information content (AvgIpc) is 2.60. The highest BCUT2D eigenvalue weighted by Gasteiger charge is 2.13. The van der Waals surface area contributed by atoms with E-state index in [0.717, 1.165) is 24.1 Å². The molecule has 0 aromatic heterocycles. The van der Waals surface area contributed by atoms with Crippen molar-refractivity contribution in [2.75, 3.05) is 40.6 Å². The molecule has 27 heavy (non-hydrogen) atoms. The first-order chi connectivity index (χ1) is 12.6. The number of hydrogen-bond acceptors (Lipinski definition) is 2. The van der Waals surface area contributed by atoms with Crippen molar-refractivity contribution in [1.29, 1.82) is 0 Å². The first kappa shape index (κ1) is 29.1. The monoisotopic (exact) mass is 405 g/mol. The van der Waals surface area contributed by atoms with E-state index in [4.69, 9.17) is 9.84 Å². The first-order valence-electron chi connectivity index (χ1n) is 11.3. The summed E-state index contributed by atoms with van der Waals surface area (Å²) in [5, 5.41) is 8.98. The van der Waals surface area contributed by atoms with Crippen LogP contribution in [0, 0.1) is 0 Å². The van der Waals surface area contributed by atoms with Crippen molar-refractivity contribution in [3.63, 3.8) is 0 Å². The quantitative estimate of drug-likeness (QED) is 0.146. The Bertz CT molecular complexity index is 309. The Morgan fingerprint density at radius 2 is 1.22 bits per heavy atom. The third kappa shape index (κ3) is 23.9. The maximum absolute atomic E-state index is 8.98. The van der Waals surface area contributed by atoms with E-state index in [9.17, 15) is 0 Å². The molecular weight excluding hydrogens is 358 g/mol. The van der Waals surface area contributed by atoms with Gasteiger partial charge in [0, 0.05) is 0 Å². The van der Waals surface area contributed by atoms with Crippen molar-refractivity contribution in [2.45, 2.75) is 96.8 Å². The second kappa shape index (κ2) is 22.2. The van der Waals surface area contributed by atoms with E-state index < -0.39 is 0 Å². The molecule has 4 heteroatoms. The lowest BCUT2D eigenvalue weighted by molar-refractivity contribution is -0.910. The number of likely N-dealkylation sites (N-methyl/N-ethyl adjacent to an activating group) is 1. The summed E-state index contributed by atoms with van der Waals surface area (Å²) >= 11 is 0. The molecule has 0 saturated heterocycles. The number of unbranched alkanes of at least 4 members (excludes halogenated alkanes) is 12. The van der Waals surface area contributed by atoms with Crippen molar-refractivity contribution >= 4 is 0 Å². The van der Waals surface area contributed by atoms with Gasteiger partial charge in [-0.2, -0.15) is 0 Å². The SMILES string of the molecule is CCCCCCCCC=CCCCCCCCCOC[N+](C)(C)CCO.[Cl-]. The molecule has 0 amide bonds. The van der Waals surface area contributed by atoms with Gasteiger partial charge in [0.1, 0.15) is 6.54 Å². The minimum absolute atomic E-state index is 0. The number of nitrogens with zero attached hydrogens (tertiary/aromatic N) is 1. The smallest absolute Gasteiger partial charge is 0.182 e. The highest BCUT2D eigenvalue weighted by Crippen LogP contribution is 2.10. The van der Waals surface area contributed by atoms with Crippen LogP contribution in [0.15, 0.2) is 12.2 Å². The Hall–Kier alpha value is -0.0900. The summed E-state index contributed by atoms with van der Waals surface area (Å²) in [6.45, 7) is 4.82. The summed E-state index contributed by atoms with van der Waals surface area (Å²) in [6, 6.07) is 0. The summed E-state index contributed by atoms with van der Waals surface area (Å²) in [4.78, 5) is 0. The van der Waals surface area contributed by atoms with E-state index in [1.54, 1.807) is 0 Å². The summed E-state index contributed by atoms with van der Waals surface area (Å²) in [5.74, 6) is 0. The molecule has 3 nitrogen and oxygen atoms in total. The summed E-state index contributed by atoms with van der Waals surface area (Å²) in [6.07, 6.45) is 23.6. The molecule has 0 aliphatic rings. The van der Waals surface area contributed by atoms with Gasteiger partial charge in [0.15, 0.2) is 6.73 Å². The zero-order valence-corrected chi connectivity index (χ0v) is 19.3. The van der Waals surface area contributed by atoms with E-state index in [0.29, 0.717) is 6.73 Å². The zero-order valence-electron chi connectivity index (χ0n) is 18.6. The minimum atomic E-state index is 0. The molecular formula is C23H48ClNO2. The number of quaternary nitrogens is 1. The third-order valence-corrected chi connectivity index (χ3v) is 4.95. The fourth-order valence-corrected chi connectivity index (χ4v) is 3.10. The predicted octanol–water partition coefficient (Wildman–Crippen LogP) is 3.07. The number of aliphatic hydroxyl groups is 1. The van der Waals surface area contributed by atoms with Crippen LogP contribution in [0.4, 0.5) is 0 Å². The molecule has 0 aromatic rings. The van der Waals surface area contributed by atoms with Crippen LogP contribution in [0.3, 0.4) is 0 Å². The van der Waals surface area contributed by atoms with Crippen molar-refractivity contribution in [3.05, 3.63) is 12.2 Å². The van der Waals surface area contributed by atoms with Crippen LogP contribution >= 0.6 is 0 Å². The molecule has 0 aromatic carbocycles. The highest BCUT2D eigenvalue weighted by atomic mass is 35.5. The Morgan fingerprint density at radius 1 is 0.741 bits per heavy atom. The van der Waals surface area contributed by atoms with Crippen LogP contribution in [0.5, 0.6) is 0 Å². The number of ether oxygens (including phenoxy) is 1. The molecule has 0 aliphatic heterocycles. The topological polar surface area (TPSA) is 29.5 Å². The fraction of sp³-hybridized carbons (Fsp3) is 0.913.